The van der Waals surface area contributed by atoms with Crippen LogP contribution in [0.5, 0.6) is 0 Å². The van der Waals surface area contributed by atoms with Crippen LogP contribution in [0.2, 0.25) is 0 Å². The highest BCUT2D eigenvalue weighted by atomic mass is 16.6. The third-order valence-corrected chi connectivity index (χ3v) is 3.60. The Bertz CT molecular complexity index is 443. The molecule has 0 radical (unpaired) electrons. The van der Waals surface area contributed by atoms with Gasteiger partial charge in [-0.15, -0.1) is 0 Å². The second kappa shape index (κ2) is 4.71. The van der Waals surface area contributed by atoms with Gasteiger partial charge in [-0.05, 0) is 25.5 Å². The predicted octanol–water partition coefficient (Wildman–Crippen LogP) is 1.28. The fourth-order valence-corrected chi connectivity index (χ4v) is 2.55. The molecule has 4 heteroatoms. The number of benzene rings is 1. The lowest BCUT2D eigenvalue weighted by molar-refractivity contribution is 0.0656. The Morgan fingerprint density at radius 3 is 2.83 bits per heavy atom. The van der Waals surface area contributed by atoms with Crippen molar-refractivity contribution in [1.82, 2.24) is 5.32 Å². The van der Waals surface area contributed by atoms with E-state index in [1.807, 2.05) is 31.2 Å². The van der Waals surface area contributed by atoms with E-state index in [0.717, 1.165) is 18.6 Å². The molecule has 1 aromatic carbocycles. The van der Waals surface area contributed by atoms with Crippen LogP contribution in [-0.2, 0) is 9.47 Å². The topological polar surface area (TPSA) is 47.6 Å². The van der Waals surface area contributed by atoms with Crippen LogP contribution in [0.25, 0.3) is 0 Å². The molecular weight excluding hydrogens is 230 g/mol. The summed E-state index contributed by atoms with van der Waals surface area (Å²) in [6.45, 7) is 3.28. The Morgan fingerprint density at radius 2 is 2.06 bits per heavy atom. The molecule has 3 rings (SSSR count). The van der Waals surface area contributed by atoms with Gasteiger partial charge in [-0.3, -0.25) is 4.79 Å². The molecule has 2 aliphatic heterocycles. The Morgan fingerprint density at radius 1 is 1.28 bits per heavy atom. The van der Waals surface area contributed by atoms with Gasteiger partial charge >= 0.3 is 0 Å². The molecule has 1 N–H and O–H groups in total. The maximum atomic E-state index is 12.1. The van der Waals surface area contributed by atoms with Crippen LogP contribution in [0, 0.1) is 6.92 Å². The Hall–Kier alpha value is -1.39. The van der Waals surface area contributed by atoms with Gasteiger partial charge < -0.3 is 14.8 Å². The van der Waals surface area contributed by atoms with E-state index in [2.05, 4.69) is 5.32 Å². The number of amides is 1. The fraction of sp³-hybridized carbons (Fsp3) is 0.500. The molecule has 2 fully saturated rings. The molecule has 2 aliphatic rings. The molecule has 0 saturated carbocycles. The zero-order valence-corrected chi connectivity index (χ0v) is 10.4. The lowest BCUT2D eigenvalue weighted by atomic mass is 10.1. The third-order valence-electron chi connectivity index (χ3n) is 3.60. The lowest BCUT2D eigenvalue weighted by Gasteiger charge is -2.17. The Balaban J connectivity index is 1.66. The molecule has 3 unspecified atom stereocenters. The zero-order valence-electron chi connectivity index (χ0n) is 10.4. The van der Waals surface area contributed by atoms with Crippen molar-refractivity contribution >= 4 is 5.91 Å². The summed E-state index contributed by atoms with van der Waals surface area (Å²) < 4.78 is 11.2. The SMILES string of the molecule is Cc1ccc(C(=O)NC2COC3CCOC23)cc1. The van der Waals surface area contributed by atoms with Crippen LogP contribution in [-0.4, -0.2) is 37.4 Å². The Kier molecular flexibility index (Phi) is 3.06. The van der Waals surface area contributed by atoms with E-state index < -0.39 is 0 Å². The van der Waals surface area contributed by atoms with Crippen molar-refractivity contribution in [3.63, 3.8) is 0 Å². The summed E-state index contributed by atoms with van der Waals surface area (Å²) in [5.74, 6) is -0.0558. The van der Waals surface area contributed by atoms with Crippen molar-refractivity contribution in [1.29, 1.82) is 0 Å². The van der Waals surface area contributed by atoms with Crippen LogP contribution in [0.3, 0.4) is 0 Å². The number of fused-ring (bicyclic) bond motifs is 1. The van der Waals surface area contributed by atoms with Crippen molar-refractivity contribution in [3.8, 4) is 0 Å². The predicted molar refractivity (Wildman–Crippen MR) is 66.5 cm³/mol. The quantitative estimate of drug-likeness (QED) is 0.856. The van der Waals surface area contributed by atoms with Gasteiger partial charge in [0.2, 0.25) is 0 Å². The first kappa shape index (κ1) is 11.7. The highest BCUT2D eigenvalue weighted by Crippen LogP contribution is 2.26. The normalized spacial score (nSPS) is 30.2. The number of rotatable bonds is 2. The van der Waals surface area contributed by atoms with Gasteiger partial charge in [0.25, 0.3) is 5.91 Å². The monoisotopic (exact) mass is 247 g/mol. The van der Waals surface area contributed by atoms with Crippen LogP contribution < -0.4 is 5.32 Å². The fourth-order valence-electron chi connectivity index (χ4n) is 2.55. The van der Waals surface area contributed by atoms with Gasteiger partial charge in [0.15, 0.2) is 0 Å². The van der Waals surface area contributed by atoms with E-state index in [1.165, 1.54) is 0 Å². The van der Waals surface area contributed by atoms with Gasteiger partial charge in [0.1, 0.15) is 6.10 Å². The zero-order chi connectivity index (χ0) is 12.5. The first-order chi connectivity index (χ1) is 8.74. The van der Waals surface area contributed by atoms with Crippen molar-refractivity contribution in [3.05, 3.63) is 35.4 Å². The minimum atomic E-state index is -0.0558. The number of nitrogens with one attached hydrogen (secondary N) is 1. The van der Waals surface area contributed by atoms with Crippen LogP contribution in [0.4, 0.5) is 0 Å². The largest absolute Gasteiger partial charge is 0.373 e. The maximum Gasteiger partial charge on any atom is 0.251 e. The van der Waals surface area contributed by atoms with E-state index in [-0.39, 0.29) is 24.2 Å². The van der Waals surface area contributed by atoms with Gasteiger partial charge in [-0.2, -0.15) is 0 Å². The summed E-state index contributed by atoms with van der Waals surface area (Å²) in [5, 5.41) is 3.00. The van der Waals surface area contributed by atoms with Crippen molar-refractivity contribution in [2.45, 2.75) is 31.6 Å². The molecule has 1 aromatic rings. The van der Waals surface area contributed by atoms with Crippen LogP contribution in [0.15, 0.2) is 24.3 Å². The number of carbonyl (C=O) groups is 1. The molecule has 4 nitrogen and oxygen atoms in total. The first-order valence-corrected chi connectivity index (χ1v) is 6.35. The number of hydrogen-bond acceptors (Lipinski definition) is 3. The van der Waals surface area contributed by atoms with E-state index >= 15 is 0 Å². The smallest absolute Gasteiger partial charge is 0.251 e. The first-order valence-electron chi connectivity index (χ1n) is 6.35. The molecule has 18 heavy (non-hydrogen) atoms. The van der Waals surface area contributed by atoms with Gasteiger partial charge in [0.05, 0.1) is 18.8 Å². The minimum absolute atomic E-state index is 0.0219. The summed E-state index contributed by atoms with van der Waals surface area (Å²) in [6.07, 6.45) is 1.12. The number of carbonyl (C=O) groups excluding carboxylic acids is 1. The van der Waals surface area contributed by atoms with Crippen LogP contribution >= 0.6 is 0 Å². The summed E-state index contributed by atoms with van der Waals surface area (Å²) in [7, 11) is 0. The molecule has 0 aliphatic carbocycles. The highest BCUT2D eigenvalue weighted by molar-refractivity contribution is 5.94. The number of aryl methyl sites for hydroxylation is 1. The summed E-state index contributed by atoms with van der Waals surface area (Å²) in [4.78, 5) is 12.1. The van der Waals surface area contributed by atoms with Crippen molar-refractivity contribution in [2.24, 2.45) is 0 Å². The minimum Gasteiger partial charge on any atom is -0.373 e. The molecule has 3 atom stereocenters. The van der Waals surface area contributed by atoms with E-state index in [4.69, 9.17) is 9.47 Å². The van der Waals surface area contributed by atoms with Crippen LogP contribution in [0.1, 0.15) is 22.3 Å². The maximum absolute atomic E-state index is 12.1. The summed E-state index contributed by atoms with van der Waals surface area (Å²) in [6, 6.07) is 7.54. The standard InChI is InChI=1S/C14H17NO3/c1-9-2-4-10(5-3-9)14(16)15-11-8-18-12-6-7-17-13(11)12/h2-5,11-13H,6-8H2,1H3,(H,15,16). The van der Waals surface area contributed by atoms with E-state index in [1.54, 1.807) is 0 Å². The number of hydrogen-bond donors (Lipinski definition) is 1. The third kappa shape index (κ3) is 2.13. The molecule has 0 spiro atoms. The average molecular weight is 247 g/mol. The van der Waals surface area contributed by atoms with Crippen molar-refractivity contribution in [2.75, 3.05) is 13.2 Å². The number of ether oxygens (including phenoxy) is 2. The Labute approximate surface area is 106 Å². The summed E-state index contributed by atoms with van der Waals surface area (Å²) in [5.41, 5.74) is 1.83. The van der Waals surface area contributed by atoms with Gasteiger partial charge in [-0.25, -0.2) is 0 Å². The van der Waals surface area contributed by atoms with Crippen molar-refractivity contribution < 1.29 is 14.3 Å². The van der Waals surface area contributed by atoms with Gasteiger partial charge in [0, 0.05) is 12.2 Å². The lowest BCUT2D eigenvalue weighted by Crippen LogP contribution is -2.43. The summed E-state index contributed by atoms with van der Waals surface area (Å²) >= 11 is 0. The second-order valence-corrected chi connectivity index (χ2v) is 4.94. The van der Waals surface area contributed by atoms with Gasteiger partial charge in [-0.1, -0.05) is 17.7 Å². The molecule has 96 valence electrons. The molecular formula is C14H17NO3. The second-order valence-electron chi connectivity index (χ2n) is 4.94. The highest BCUT2D eigenvalue weighted by Gasteiger charge is 2.42. The molecule has 2 saturated heterocycles. The molecule has 2 heterocycles. The average Bonchev–Trinajstić information content (AvgIpc) is 2.95. The molecule has 0 aromatic heterocycles. The van der Waals surface area contributed by atoms with E-state index in [9.17, 15) is 4.79 Å². The molecule has 0 bridgehead atoms. The van der Waals surface area contributed by atoms with E-state index in [0.29, 0.717) is 12.2 Å². The molecule has 1 amide bonds.